The first-order chi connectivity index (χ1) is 9.13. The number of hydrogen-bond acceptors (Lipinski definition) is 4. The number of nitriles is 1. The third kappa shape index (κ3) is 2.75. The van der Waals surface area contributed by atoms with Crippen LogP contribution < -0.4 is 15.8 Å². The van der Waals surface area contributed by atoms with Gasteiger partial charge in [-0.1, -0.05) is 0 Å². The zero-order chi connectivity index (χ0) is 13.8. The summed E-state index contributed by atoms with van der Waals surface area (Å²) in [4.78, 5) is 0. The molecule has 0 fully saturated rings. The predicted octanol–water partition coefficient (Wildman–Crippen LogP) is 3.03. The van der Waals surface area contributed by atoms with Gasteiger partial charge < -0.3 is 15.8 Å². The second kappa shape index (κ2) is 5.27. The van der Waals surface area contributed by atoms with E-state index in [9.17, 15) is 4.39 Å². The van der Waals surface area contributed by atoms with Gasteiger partial charge in [0.1, 0.15) is 6.07 Å². The van der Waals surface area contributed by atoms with Gasteiger partial charge in [0.2, 0.25) is 0 Å². The molecule has 0 amide bonds. The average molecular weight is 257 g/mol. The van der Waals surface area contributed by atoms with Gasteiger partial charge in [0.15, 0.2) is 11.6 Å². The van der Waals surface area contributed by atoms with E-state index in [4.69, 9.17) is 15.7 Å². The fourth-order valence-corrected chi connectivity index (χ4v) is 1.66. The number of nitrogens with one attached hydrogen (secondary N) is 1. The van der Waals surface area contributed by atoms with E-state index in [0.29, 0.717) is 22.6 Å². The number of benzene rings is 2. The summed E-state index contributed by atoms with van der Waals surface area (Å²) in [5.41, 5.74) is 7.60. The molecule has 0 spiro atoms. The van der Waals surface area contributed by atoms with Crippen molar-refractivity contribution in [3.63, 3.8) is 0 Å². The Hall–Kier alpha value is -2.74. The molecule has 4 nitrogen and oxygen atoms in total. The van der Waals surface area contributed by atoms with Crippen LogP contribution in [0.3, 0.4) is 0 Å². The molecule has 0 aliphatic rings. The van der Waals surface area contributed by atoms with E-state index in [1.165, 1.54) is 19.2 Å². The van der Waals surface area contributed by atoms with Crippen molar-refractivity contribution in [3.8, 4) is 11.8 Å². The minimum Gasteiger partial charge on any atom is -0.494 e. The molecular formula is C14H12FN3O. The lowest BCUT2D eigenvalue weighted by Gasteiger charge is -2.10. The highest BCUT2D eigenvalue weighted by molar-refractivity contribution is 5.69. The Morgan fingerprint density at radius 3 is 2.68 bits per heavy atom. The molecule has 0 aromatic heterocycles. The summed E-state index contributed by atoms with van der Waals surface area (Å²) in [6, 6.07) is 11.4. The maximum Gasteiger partial charge on any atom is 0.167 e. The van der Waals surface area contributed by atoms with Crippen LogP contribution >= 0.6 is 0 Å². The van der Waals surface area contributed by atoms with Gasteiger partial charge in [-0.3, -0.25) is 0 Å². The molecule has 0 aliphatic carbocycles. The summed E-state index contributed by atoms with van der Waals surface area (Å²) >= 11 is 0. The third-order valence-electron chi connectivity index (χ3n) is 2.59. The number of nitrogens with zero attached hydrogens (tertiary/aromatic N) is 1. The molecule has 0 saturated heterocycles. The smallest absolute Gasteiger partial charge is 0.167 e. The first-order valence-electron chi connectivity index (χ1n) is 5.54. The van der Waals surface area contributed by atoms with Crippen LogP contribution in [-0.2, 0) is 0 Å². The summed E-state index contributed by atoms with van der Waals surface area (Å²) in [5, 5.41) is 12.0. The second-order valence-electron chi connectivity index (χ2n) is 3.89. The molecule has 2 rings (SSSR count). The van der Waals surface area contributed by atoms with Gasteiger partial charge in [0.25, 0.3) is 0 Å². The number of nitrogens with two attached hydrogens (primary N) is 1. The van der Waals surface area contributed by atoms with Crippen molar-refractivity contribution in [2.75, 3.05) is 18.2 Å². The minimum atomic E-state index is -0.471. The van der Waals surface area contributed by atoms with Crippen molar-refractivity contribution in [2.24, 2.45) is 0 Å². The van der Waals surface area contributed by atoms with E-state index in [-0.39, 0.29) is 5.75 Å². The van der Waals surface area contributed by atoms with Gasteiger partial charge >= 0.3 is 0 Å². The highest BCUT2D eigenvalue weighted by Gasteiger charge is 2.06. The normalized spacial score (nSPS) is 9.74. The van der Waals surface area contributed by atoms with Crippen LogP contribution in [0.15, 0.2) is 36.4 Å². The largest absolute Gasteiger partial charge is 0.494 e. The van der Waals surface area contributed by atoms with Crippen molar-refractivity contribution in [1.82, 2.24) is 0 Å². The fourth-order valence-electron chi connectivity index (χ4n) is 1.66. The van der Waals surface area contributed by atoms with Gasteiger partial charge in [-0.25, -0.2) is 4.39 Å². The van der Waals surface area contributed by atoms with E-state index in [1.807, 2.05) is 6.07 Å². The van der Waals surface area contributed by atoms with E-state index >= 15 is 0 Å². The quantitative estimate of drug-likeness (QED) is 0.829. The predicted molar refractivity (Wildman–Crippen MR) is 71.8 cm³/mol. The Morgan fingerprint density at radius 2 is 2.05 bits per heavy atom. The van der Waals surface area contributed by atoms with Crippen molar-refractivity contribution in [2.45, 2.75) is 0 Å². The van der Waals surface area contributed by atoms with E-state index < -0.39 is 5.82 Å². The standard InChI is InChI=1S/C14H12FN3O/c1-19-14-5-3-11(7-12(14)15)18-13-4-2-10(17)6-9(13)8-16/h2-7,18H,17H2,1H3. The number of methoxy groups -OCH3 is 1. The molecule has 0 aliphatic heterocycles. The summed E-state index contributed by atoms with van der Waals surface area (Å²) in [7, 11) is 1.40. The Labute approximate surface area is 110 Å². The maximum absolute atomic E-state index is 13.5. The van der Waals surface area contributed by atoms with Gasteiger partial charge in [0, 0.05) is 17.4 Å². The van der Waals surface area contributed by atoms with Crippen molar-refractivity contribution in [1.29, 1.82) is 5.26 Å². The van der Waals surface area contributed by atoms with E-state index in [2.05, 4.69) is 5.32 Å². The Balaban J connectivity index is 2.31. The molecule has 0 bridgehead atoms. The van der Waals surface area contributed by atoms with E-state index in [1.54, 1.807) is 24.3 Å². The van der Waals surface area contributed by atoms with Crippen LogP contribution in [0.4, 0.5) is 21.5 Å². The molecule has 0 heterocycles. The van der Waals surface area contributed by atoms with Crippen LogP contribution in [0.25, 0.3) is 0 Å². The van der Waals surface area contributed by atoms with Crippen LogP contribution in [0.5, 0.6) is 5.75 Å². The number of anilines is 3. The first-order valence-corrected chi connectivity index (χ1v) is 5.54. The lowest BCUT2D eigenvalue weighted by Crippen LogP contribution is -1.96. The highest BCUT2D eigenvalue weighted by atomic mass is 19.1. The number of rotatable bonds is 3. The van der Waals surface area contributed by atoms with E-state index in [0.717, 1.165) is 0 Å². The Bertz CT molecular complexity index is 650. The number of hydrogen-bond donors (Lipinski definition) is 2. The average Bonchev–Trinajstić information content (AvgIpc) is 2.41. The fraction of sp³-hybridized carbons (Fsp3) is 0.0714. The van der Waals surface area contributed by atoms with Crippen molar-refractivity contribution >= 4 is 17.1 Å². The third-order valence-corrected chi connectivity index (χ3v) is 2.59. The molecule has 19 heavy (non-hydrogen) atoms. The zero-order valence-electron chi connectivity index (χ0n) is 10.3. The highest BCUT2D eigenvalue weighted by Crippen LogP contribution is 2.26. The monoisotopic (exact) mass is 257 g/mol. The first kappa shape index (κ1) is 12.7. The van der Waals surface area contributed by atoms with Crippen LogP contribution in [0.2, 0.25) is 0 Å². The minimum absolute atomic E-state index is 0.170. The van der Waals surface area contributed by atoms with Crippen LogP contribution in [-0.4, -0.2) is 7.11 Å². The lowest BCUT2D eigenvalue weighted by atomic mass is 10.1. The molecule has 0 saturated carbocycles. The zero-order valence-corrected chi connectivity index (χ0v) is 10.3. The van der Waals surface area contributed by atoms with Gasteiger partial charge in [-0.2, -0.15) is 5.26 Å². The van der Waals surface area contributed by atoms with Gasteiger partial charge in [0.05, 0.1) is 18.4 Å². The summed E-state index contributed by atoms with van der Waals surface area (Å²) in [6.45, 7) is 0. The Morgan fingerprint density at radius 1 is 1.26 bits per heavy atom. The van der Waals surface area contributed by atoms with Gasteiger partial charge in [-0.05, 0) is 30.3 Å². The topological polar surface area (TPSA) is 71.1 Å². The van der Waals surface area contributed by atoms with Crippen LogP contribution in [0.1, 0.15) is 5.56 Å². The molecule has 5 heteroatoms. The lowest BCUT2D eigenvalue weighted by molar-refractivity contribution is 0.386. The number of halogens is 1. The molecule has 2 aromatic rings. The molecular weight excluding hydrogens is 245 g/mol. The molecule has 0 atom stereocenters. The molecule has 0 unspecified atom stereocenters. The van der Waals surface area contributed by atoms with Crippen molar-refractivity contribution < 1.29 is 9.13 Å². The van der Waals surface area contributed by atoms with Crippen molar-refractivity contribution in [3.05, 3.63) is 47.8 Å². The Kier molecular flexibility index (Phi) is 3.53. The van der Waals surface area contributed by atoms with Crippen LogP contribution in [0, 0.1) is 17.1 Å². The number of ether oxygens (including phenoxy) is 1. The molecule has 96 valence electrons. The second-order valence-corrected chi connectivity index (χ2v) is 3.89. The molecule has 3 N–H and O–H groups in total. The summed E-state index contributed by atoms with van der Waals surface area (Å²) in [5.74, 6) is -0.301. The molecule has 2 aromatic carbocycles. The SMILES string of the molecule is COc1ccc(Nc2ccc(N)cc2C#N)cc1F. The number of nitrogen functional groups attached to an aromatic ring is 1. The summed E-state index contributed by atoms with van der Waals surface area (Å²) in [6.07, 6.45) is 0. The summed E-state index contributed by atoms with van der Waals surface area (Å²) < 4.78 is 18.4. The maximum atomic E-state index is 13.5. The molecule has 0 radical (unpaired) electrons. The van der Waals surface area contributed by atoms with Gasteiger partial charge in [-0.15, -0.1) is 0 Å².